The minimum atomic E-state index is -1.06. The summed E-state index contributed by atoms with van der Waals surface area (Å²) in [6.07, 6.45) is 5.37. The van der Waals surface area contributed by atoms with Crippen molar-refractivity contribution in [3.8, 4) is 0 Å². The van der Waals surface area contributed by atoms with E-state index in [-0.39, 0.29) is 25.7 Å². The average Bonchev–Trinajstić information content (AvgIpc) is 3.65. The Hall–Kier alpha value is -2.34. The van der Waals surface area contributed by atoms with Crippen molar-refractivity contribution >= 4 is 11.9 Å². The third kappa shape index (κ3) is 5.26. The van der Waals surface area contributed by atoms with E-state index >= 15 is 0 Å². The molecule has 2 heterocycles. The highest BCUT2D eigenvalue weighted by Crippen LogP contribution is 2.72. The fourth-order valence-electron chi connectivity index (χ4n) is 6.48. The van der Waals surface area contributed by atoms with E-state index in [0.29, 0.717) is 25.0 Å². The number of allylic oxidation sites excluding steroid dienone is 2. The second-order valence-electron chi connectivity index (χ2n) is 11.4. The average molecular weight is 549 g/mol. The number of esters is 2. The smallest absolute Gasteiger partial charge is 0.331 e. The van der Waals surface area contributed by atoms with Crippen LogP contribution in [0.3, 0.4) is 0 Å². The predicted molar refractivity (Wildman–Crippen MR) is 139 cm³/mol. The molecule has 9 atom stereocenters. The van der Waals surface area contributed by atoms with Crippen LogP contribution in [0.2, 0.25) is 0 Å². The van der Waals surface area contributed by atoms with Crippen LogP contribution in [0, 0.1) is 10.8 Å². The molecule has 3 fully saturated rings. The van der Waals surface area contributed by atoms with Crippen LogP contribution in [0.25, 0.3) is 0 Å². The molecule has 4 rings (SSSR count). The van der Waals surface area contributed by atoms with Crippen LogP contribution in [0.4, 0.5) is 0 Å². The lowest BCUT2D eigenvalue weighted by atomic mass is 9.51. The van der Waals surface area contributed by atoms with Crippen LogP contribution >= 0.6 is 0 Å². The molecule has 2 bridgehead atoms. The summed E-state index contributed by atoms with van der Waals surface area (Å²) in [4.78, 5) is 25.6. The molecule has 2 aliphatic carbocycles. The zero-order chi connectivity index (χ0) is 28.6. The van der Waals surface area contributed by atoms with Crippen LogP contribution < -0.4 is 0 Å². The number of hydrogen-bond donors (Lipinski definition) is 4. The molecule has 0 radical (unpaired) electrons. The Morgan fingerprint density at radius 3 is 2.62 bits per heavy atom. The normalized spacial score (nSPS) is 39.0. The van der Waals surface area contributed by atoms with E-state index in [1.165, 1.54) is 37.3 Å². The van der Waals surface area contributed by atoms with Crippen LogP contribution in [0.15, 0.2) is 47.6 Å². The molecule has 1 spiro atoms. The van der Waals surface area contributed by atoms with E-state index in [1.54, 1.807) is 6.92 Å². The van der Waals surface area contributed by atoms with Gasteiger partial charge in [-0.05, 0) is 39.2 Å². The Morgan fingerprint density at radius 1 is 1.26 bits per heavy atom. The Morgan fingerprint density at radius 2 is 1.97 bits per heavy atom. The van der Waals surface area contributed by atoms with Crippen molar-refractivity contribution < 1.29 is 49.0 Å². The van der Waals surface area contributed by atoms with Crippen molar-refractivity contribution in [2.45, 2.75) is 89.2 Å². The van der Waals surface area contributed by atoms with Crippen LogP contribution in [-0.2, 0) is 28.5 Å². The summed E-state index contributed by atoms with van der Waals surface area (Å²) in [5, 5.41) is 39.2. The van der Waals surface area contributed by atoms with E-state index in [4.69, 9.17) is 24.1 Å². The van der Waals surface area contributed by atoms with Crippen molar-refractivity contribution in [1.29, 1.82) is 0 Å². The van der Waals surface area contributed by atoms with E-state index < -0.39 is 58.9 Å². The molecule has 10 heteroatoms. The van der Waals surface area contributed by atoms with Gasteiger partial charge in [-0.3, -0.25) is 0 Å². The molecule has 216 valence electrons. The summed E-state index contributed by atoms with van der Waals surface area (Å²) >= 11 is 0. The number of fused-ring (bicyclic) bond motifs is 2. The first kappa shape index (κ1) is 29.6. The first-order valence-electron chi connectivity index (χ1n) is 13.4. The monoisotopic (exact) mass is 548 g/mol. The predicted octanol–water partition coefficient (Wildman–Crippen LogP) is 1.27. The van der Waals surface area contributed by atoms with Gasteiger partial charge in [0.15, 0.2) is 0 Å². The summed E-state index contributed by atoms with van der Waals surface area (Å²) in [6, 6.07) is 0. The van der Waals surface area contributed by atoms with Gasteiger partial charge in [0, 0.05) is 30.6 Å². The quantitative estimate of drug-likeness (QED) is 0.103. The number of ether oxygens (including phenoxy) is 4. The Labute approximate surface area is 228 Å². The van der Waals surface area contributed by atoms with Gasteiger partial charge in [0.25, 0.3) is 0 Å². The number of epoxide rings is 1. The van der Waals surface area contributed by atoms with Gasteiger partial charge < -0.3 is 39.4 Å². The molecule has 0 aromatic rings. The third-order valence-electron chi connectivity index (χ3n) is 9.06. The molecule has 4 N–H and O–H groups in total. The minimum absolute atomic E-state index is 0.0799. The number of hydrogen-bond acceptors (Lipinski definition) is 10. The number of aliphatic hydroxyl groups is 4. The second-order valence-corrected chi connectivity index (χ2v) is 11.4. The first-order valence-corrected chi connectivity index (χ1v) is 13.4. The summed E-state index contributed by atoms with van der Waals surface area (Å²) in [6.45, 7) is 7.22. The molecular formula is C29H40O10. The first-order chi connectivity index (χ1) is 18.4. The Balaban J connectivity index is 1.62. The summed E-state index contributed by atoms with van der Waals surface area (Å²) in [7, 11) is 0. The summed E-state index contributed by atoms with van der Waals surface area (Å²) in [5.74, 6) is -1.16. The molecule has 0 amide bonds. The maximum atomic E-state index is 12.9. The highest BCUT2D eigenvalue weighted by Gasteiger charge is 2.83. The molecule has 4 aliphatic rings. The largest absolute Gasteiger partial charge is 0.462 e. The molecule has 0 aromatic carbocycles. The lowest BCUT2D eigenvalue weighted by Crippen LogP contribution is -2.68. The number of aliphatic hydroxyl groups excluding tert-OH is 4. The van der Waals surface area contributed by atoms with Crippen molar-refractivity contribution in [3.05, 3.63) is 47.6 Å². The summed E-state index contributed by atoms with van der Waals surface area (Å²) < 4.78 is 24.3. The number of carbonyl (C=O) groups is 2. The fourth-order valence-corrected chi connectivity index (χ4v) is 6.48. The molecule has 1 saturated carbocycles. The molecule has 10 nitrogen and oxygen atoms in total. The van der Waals surface area contributed by atoms with Crippen molar-refractivity contribution in [3.63, 3.8) is 0 Å². The zero-order valence-electron chi connectivity index (χ0n) is 22.9. The molecule has 9 unspecified atom stereocenters. The lowest BCUT2D eigenvalue weighted by molar-refractivity contribution is -0.238. The highest BCUT2D eigenvalue weighted by atomic mass is 16.6. The van der Waals surface area contributed by atoms with Crippen molar-refractivity contribution in [2.24, 2.45) is 10.8 Å². The van der Waals surface area contributed by atoms with Gasteiger partial charge >= 0.3 is 11.9 Å². The Bertz CT molecular complexity index is 1070. The van der Waals surface area contributed by atoms with Gasteiger partial charge in [0.2, 0.25) is 0 Å². The fraction of sp³-hybridized carbons (Fsp3) is 0.655. The molecule has 39 heavy (non-hydrogen) atoms. The molecular weight excluding hydrogens is 508 g/mol. The van der Waals surface area contributed by atoms with Gasteiger partial charge in [0.1, 0.15) is 18.3 Å². The zero-order valence-corrected chi connectivity index (χ0v) is 22.9. The molecule has 2 aliphatic heterocycles. The van der Waals surface area contributed by atoms with Gasteiger partial charge in [-0.25, -0.2) is 9.59 Å². The minimum Gasteiger partial charge on any atom is -0.462 e. The van der Waals surface area contributed by atoms with Crippen molar-refractivity contribution in [1.82, 2.24) is 0 Å². The standard InChI is InChI=1S/C29H40O10/c1-17(9-10-30)11-26(35)36-15-28-14-21(33)18(2)12-23(28)38-24-13-22(27(28,4)29(24)16-37-29)39-25(34)8-6-5-7-20(32)19(3)31/h5-8,11-12,19-24,30-33H,9-10,13-16H2,1-4H3. The van der Waals surface area contributed by atoms with Crippen LogP contribution in [0.1, 0.15) is 47.0 Å². The van der Waals surface area contributed by atoms with Crippen LogP contribution in [0.5, 0.6) is 0 Å². The number of carbonyl (C=O) groups excluding carboxylic acids is 2. The van der Waals surface area contributed by atoms with Gasteiger partial charge in [0.05, 0.1) is 42.5 Å². The topological polar surface area (TPSA) is 155 Å². The number of rotatable bonds is 10. The third-order valence-corrected chi connectivity index (χ3v) is 9.06. The second kappa shape index (κ2) is 11.3. The van der Waals surface area contributed by atoms with E-state index in [9.17, 15) is 24.9 Å². The van der Waals surface area contributed by atoms with E-state index in [0.717, 1.165) is 5.57 Å². The molecule has 2 saturated heterocycles. The van der Waals surface area contributed by atoms with Gasteiger partial charge in [-0.15, -0.1) is 0 Å². The highest BCUT2D eigenvalue weighted by molar-refractivity contribution is 5.83. The van der Waals surface area contributed by atoms with Crippen molar-refractivity contribution in [2.75, 3.05) is 19.8 Å². The Kier molecular flexibility index (Phi) is 8.56. The summed E-state index contributed by atoms with van der Waals surface area (Å²) in [5.41, 5.74) is -1.09. The molecule has 0 aromatic heterocycles. The SMILES string of the molecule is CC(=CC(=O)OCC12CC(O)C(C)=CC1OC1CC(OC(=O)C=CC=CC(O)C(C)O)C2(C)C12CO2)CCO. The van der Waals surface area contributed by atoms with Gasteiger partial charge in [-0.2, -0.15) is 0 Å². The van der Waals surface area contributed by atoms with Gasteiger partial charge in [-0.1, -0.05) is 36.8 Å². The van der Waals surface area contributed by atoms with E-state index in [1.807, 2.05) is 19.9 Å². The van der Waals surface area contributed by atoms with Crippen LogP contribution in [-0.4, -0.2) is 94.4 Å². The lowest BCUT2D eigenvalue weighted by Gasteiger charge is -2.58. The van der Waals surface area contributed by atoms with E-state index in [2.05, 4.69) is 0 Å². The maximum absolute atomic E-state index is 12.9. The maximum Gasteiger partial charge on any atom is 0.331 e.